The summed E-state index contributed by atoms with van der Waals surface area (Å²) in [6, 6.07) is 4.32. The first-order chi connectivity index (χ1) is 5.65. The number of hydrogen-bond acceptors (Lipinski definition) is 5. The first-order valence-corrected chi connectivity index (χ1v) is 4.96. The molecule has 0 heterocycles. The summed E-state index contributed by atoms with van der Waals surface area (Å²) in [5, 5.41) is 8.90. The van der Waals surface area contributed by atoms with Crippen LogP contribution in [0.25, 0.3) is 0 Å². The molecule has 0 fully saturated rings. The first-order valence-electron chi connectivity index (χ1n) is 3.09. The molecule has 0 spiro atoms. The van der Waals surface area contributed by atoms with Crippen LogP contribution in [0.3, 0.4) is 0 Å². The Morgan fingerprint density at radius 2 is 2.25 bits per heavy atom. The Morgan fingerprint density at radius 3 is 2.83 bits per heavy atom. The maximum Gasteiger partial charge on any atom is 0.233 e. The minimum absolute atomic E-state index is 0.0734. The number of phenolic OH excluding ortho intramolecular Hbond substituents is 1. The highest BCUT2D eigenvalue weighted by molar-refractivity contribution is 8.75. The van der Waals surface area contributed by atoms with E-state index in [2.05, 4.69) is 11.7 Å². The van der Waals surface area contributed by atoms with E-state index in [1.807, 2.05) is 0 Å². The number of nitrogens with two attached hydrogens (primary N) is 1. The Morgan fingerprint density at radius 1 is 1.58 bits per heavy atom. The van der Waals surface area contributed by atoms with Crippen molar-refractivity contribution in [1.29, 1.82) is 0 Å². The summed E-state index contributed by atoms with van der Waals surface area (Å²) in [7, 11) is 0.741. The third-order valence-corrected chi connectivity index (χ3v) is 2.21. The number of benzene rings is 1. The van der Waals surface area contributed by atoms with Gasteiger partial charge in [-0.1, -0.05) is 0 Å². The molecule has 1 aromatic carbocycles. The lowest BCUT2D eigenvalue weighted by molar-refractivity contribution is 0.108. The van der Waals surface area contributed by atoms with E-state index >= 15 is 0 Å². The molecule has 0 bridgehead atoms. The highest BCUT2D eigenvalue weighted by Gasteiger charge is 2.09. The van der Waals surface area contributed by atoms with E-state index in [-0.39, 0.29) is 16.4 Å². The molecule has 0 radical (unpaired) electrons. The Labute approximate surface area is 78.8 Å². The summed E-state index contributed by atoms with van der Waals surface area (Å²) in [6.45, 7) is 0. The Hall–Kier alpha value is -0.810. The van der Waals surface area contributed by atoms with Gasteiger partial charge in [0.25, 0.3) is 0 Å². The first kappa shape index (κ1) is 9.28. The van der Waals surface area contributed by atoms with E-state index in [1.165, 1.54) is 18.2 Å². The van der Waals surface area contributed by atoms with Crippen LogP contribution in [-0.2, 0) is 0 Å². The smallest absolute Gasteiger partial charge is 0.233 e. The lowest BCUT2D eigenvalue weighted by Crippen LogP contribution is -1.94. The third kappa shape index (κ3) is 1.86. The second-order valence-electron chi connectivity index (χ2n) is 2.16. The largest absolute Gasteiger partial charge is 0.507 e. The van der Waals surface area contributed by atoms with Crippen molar-refractivity contribution in [3.05, 3.63) is 23.8 Å². The van der Waals surface area contributed by atoms with Gasteiger partial charge in [0, 0.05) is 5.69 Å². The second kappa shape index (κ2) is 3.73. The molecule has 0 saturated heterocycles. The molecule has 1 rings (SSSR count). The SMILES string of the molecule is Nc1ccc(O)c(C(=O)SS)c1. The summed E-state index contributed by atoms with van der Waals surface area (Å²) in [5.74, 6) is -0.0734. The van der Waals surface area contributed by atoms with Crippen LogP contribution in [0.1, 0.15) is 10.4 Å². The van der Waals surface area contributed by atoms with Gasteiger partial charge in [-0.05, 0) is 29.0 Å². The fraction of sp³-hybridized carbons (Fsp3) is 0. The zero-order chi connectivity index (χ0) is 9.14. The van der Waals surface area contributed by atoms with Gasteiger partial charge < -0.3 is 10.8 Å². The van der Waals surface area contributed by atoms with E-state index in [0.717, 1.165) is 10.8 Å². The number of thiol groups is 1. The van der Waals surface area contributed by atoms with Crippen LogP contribution >= 0.6 is 22.5 Å². The standard InChI is InChI=1S/C7H7NO2S2/c8-4-1-2-6(9)5(3-4)7(10)12-11/h1-3,9,11H,8H2. The van der Waals surface area contributed by atoms with Crippen LogP contribution in [0.15, 0.2) is 18.2 Å². The molecule has 0 amide bonds. The molecule has 0 aromatic heterocycles. The van der Waals surface area contributed by atoms with E-state index in [0.29, 0.717) is 5.69 Å². The predicted octanol–water partition coefficient (Wildman–Crippen LogP) is 1.69. The number of rotatable bonds is 1. The third-order valence-electron chi connectivity index (χ3n) is 1.32. The number of carbonyl (C=O) groups is 1. The van der Waals surface area contributed by atoms with Gasteiger partial charge in [-0.25, -0.2) is 0 Å². The molecule has 3 nitrogen and oxygen atoms in total. The van der Waals surface area contributed by atoms with E-state index in [1.54, 1.807) is 0 Å². The molecular weight excluding hydrogens is 194 g/mol. The predicted molar refractivity (Wildman–Crippen MR) is 53.4 cm³/mol. The molecule has 0 aliphatic carbocycles. The molecule has 5 heteroatoms. The summed E-state index contributed by atoms with van der Waals surface area (Å²) >= 11 is 3.72. The second-order valence-corrected chi connectivity index (χ2v) is 3.26. The van der Waals surface area contributed by atoms with Gasteiger partial charge in [0.05, 0.1) is 5.56 Å². The van der Waals surface area contributed by atoms with Crippen LogP contribution in [0, 0.1) is 0 Å². The van der Waals surface area contributed by atoms with Crippen molar-refractivity contribution in [3.63, 3.8) is 0 Å². The Bertz CT molecular complexity index is 314. The molecular formula is C7H7NO2S2. The van der Waals surface area contributed by atoms with E-state index in [4.69, 9.17) is 5.73 Å². The minimum atomic E-state index is -0.317. The number of hydrogen-bond donors (Lipinski definition) is 3. The van der Waals surface area contributed by atoms with Crippen molar-refractivity contribution in [1.82, 2.24) is 0 Å². The van der Waals surface area contributed by atoms with Crippen LogP contribution in [-0.4, -0.2) is 10.2 Å². The fourth-order valence-corrected chi connectivity index (χ4v) is 1.32. The van der Waals surface area contributed by atoms with Crippen LogP contribution < -0.4 is 5.73 Å². The van der Waals surface area contributed by atoms with Gasteiger partial charge in [0.1, 0.15) is 5.75 Å². The quantitative estimate of drug-likeness (QED) is 0.280. The highest BCUT2D eigenvalue weighted by atomic mass is 33.1. The summed E-state index contributed by atoms with van der Waals surface area (Å²) < 4.78 is 0. The molecule has 0 atom stereocenters. The zero-order valence-corrected chi connectivity index (χ0v) is 7.73. The number of carbonyl (C=O) groups excluding carboxylic acids is 1. The Balaban J connectivity index is 3.13. The topological polar surface area (TPSA) is 63.3 Å². The maximum atomic E-state index is 11.1. The number of nitrogen functional groups attached to an aromatic ring is 1. The molecule has 1 aromatic rings. The monoisotopic (exact) mass is 201 g/mol. The molecule has 0 unspecified atom stereocenters. The van der Waals surface area contributed by atoms with Crippen LogP contribution in [0.4, 0.5) is 5.69 Å². The fourth-order valence-electron chi connectivity index (χ4n) is 0.766. The van der Waals surface area contributed by atoms with Crippen molar-refractivity contribution in [2.24, 2.45) is 0 Å². The van der Waals surface area contributed by atoms with Gasteiger partial charge in [0.2, 0.25) is 5.12 Å². The molecule has 64 valence electrons. The number of anilines is 1. The number of phenols is 1. The lowest BCUT2D eigenvalue weighted by Gasteiger charge is -2.01. The van der Waals surface area contributed by atoms with Crippen molar-refractivity contribution in [2.75, 3.05) is 5.73 Å². The average molecular weight is 201 g/mol. The maximum absolute atomic E-state index is 11.1. The number of aromatic hydroxyl groups is 1. The molecule has 0 aliphatic heterocycles. The summed E-state index contributed by atoms with van der Waals surface area (Å²) in [6.07, 6.45) is 0. The van der Waals surface area contributed by atoms with Crippen molar-refractivity contribution in [2.45, 2.75) is 0 Å². The molecule has 0 aliphatic rings. The average Bonchev–Trinajstić information content (AvgIpc) is 2.08. The highest BCUT2D eigenvalue weighted by Crippen LogP contribution is 2.25. The van der Waals surface area contributed by atoms with E-state index in [9.17, 15) is 9.90 Å². The lowest BCUT2D eigenvalue weighted by atomic mass is 10.2. The van der Waals surface area contributed by atoms with Crippen molar-refractivity contribution < 1.29 is 9.90 Å². The van der Waals surface area contributed by atoms with Gasteiger partial charge in [-0.15, -0.1) is 11.7 Å². The summed E-state index contributed by atoms with van der Waals surface area (Å²) in [4.78, 5) is 11.1. The molecule has 3 N–H and O–H groups in total. The summed E-state index contributed by atoms with van der Waals surface area (Å²) in [5.41, 5.74) is 6.06. The van der Waals surface area contributed by atoms with Gasteiger partial charge in [0.15, 0.2) is 0 Å². The van der Waals surface area contributed by atoms with Gasteiger partial charge >= 0.3 is 0 Å². The van der Waals surface area contributed by atoms with Crippen molar-refractivity contribution in [3.8, 4) is 5.75 Å². The van der Waals surface area contributed by atoms with Crippen LogP contribution in [0.2, 0.25) is 0 Å². The van der Waals surface area contributed by atoms with Crippen LogP contribution in [0.5, 0.6) is 5.75 Å². The Kier molecular flexibility index (Phi) is 2.88. The normalized spacial score (nSPS) is 9.75. The minimum Gasteiger partial charge on any atom is -0.507 e. The van der Waals surface area contributed by atoms with Gasteiger partial charge in [-0.3, -0.25) is 4.79 Å². The molecule has 0 saturated carbocycles. The van der Waals surface area contributed by atoms with Gasteiger partial charge in [-0.2, -0.15) is 0 Å². The molecule has 12 heavy (non-hydrogen) atoms. The zero-order valence-electron chi connectivity index (χ0n) is 6.02. The van der Waals surface area contributed by atoms with Crippen molar-refractivity contribution >= 4 is 33.3 Å². The van der Waals surface area contributed by atoms with E-state index < -0.39 is 0 Å².